The predicted octanol–water partition coefficient (Wildman–Crippen LogP) is -0.402. The monoisotopic (exact) mass is 216 g/mol. The number of nitrogens with zero attached hydrogens (tertiary/aromatic N) is 1. The van der Waals surface area contributed by atoms with Gasteiger partial charge in [0.15, 0.2) is 0 Å². The van der Waals surface area contributed by atoms with Gasteiger partial charge in [-0.15, -0.1) is 0 Å². The van der Waals surface area contributed by atoms with Crippen LogP contribution in [-0.4, -0.2) is 55.9 Å². The Morgan fingerprint density at radius 2 is 2.33 bits per heavy atom. The van der Waals surface area contributed by atoms with Gasteiger partial charge < -0.3 is 15.2 Å². The Bertz CT molecular complexity index is 231. The molecular weight excluding hydrogens is 196 g/mol. The summed E-state index contributed by atoms with van der Waals surface area (Å²) in [7, 11) is 1.64. The third kappa shape index (κ3) is 4.15. The molecule has 1 saturated heterocycles. The van der Waals surface area contributed by atoms with Gasteiger partial charge in [-0.3, -0.25) is 9.69 Å². The van der Waals surface area contributed by atoms with Crippen LogP contribution in [0.2, 0.25) is 0 Å². The number of methoxy groups -OCH3 is 1. The molecule has 1 aliphatic rings. The minimum atomic E-state index is -0.302. The summed E-state index contributed by atoms with van der Waals surface area (Å²) in [6.07, 6.45) is 0.0121. The highest BCUT2D eigenvalue weighted by Gasteiger charge is 2.33. The van der Waals surface area contributed by atoms with Gasteiger partial charge in [-0.05, 0) is 13.8 Å². The van der Waals surface area contributed by atoms with Gasteiger partial charge in [-0.25, -0.2) is 0 Å². The number of primary amides is 1. The zero-order valence-corrected chi connectivity index (χ0v) is 9.66. The van der Waals surface area contributed by atoms with Crippen LogP contribution in [0.15, 0.2) is 0 Å². The van der Waals surface area contributed by atoms with Crippen molar-refractivity contribution in [2.45, 2.75) is 25.6 Å². The Kier molecular flexibility index (Phi) is 4.07. The summed E-state index contributed by atoms with van der Waals surface area (Å²) in [6.45, 7) is 6.24. The number of carbonyl (C=O) groups is 1. The number of hydrogen-bond acceptors (Lipinski definition) is 4. The third-order valence-electron chi connectivity index (χ3n) is 2.28. The second-order valence-electron chi connectivity index (χ2n) is 4.59. The molecule has 1 fully saturated rings. The van der Waals surface area contributed by atoms with Crippen molar-refractivity contribution in [3.05, 3.63) is 0 Å². The van der Waals surface area contributed by atoms with Gasteiger partial charge >= 0.3 is 0 Å². The zero-order chi connectivity index (χ0) is 11.5. The molecule has 88 valence electrons. The first-order chi connectivity index (χ1) is 6.93. The Labute approximate surface area is 90.5 Å². The first-order valence-electron chi connectivity index (χ1n) is 5.10. The number of nitrogens with two attached hydrogens (primary N) is 1. The lowest BCUT2D eigenvalue weighted by molar-refractivity contribution is -0.155. The number of morpholine rings is 1. The van der Waals surface area contributed by atoms with Crippen LogP contribution in [0.3, 0.4) is 0 Å². The van der Waals surface area contributed by atoms with E-state index in [0.29, 0.717) is 13.2 Å². The number of rotatable bonds is 4. The van der Waals surface area contributed by atoms with Crippen LogP contribution >= 0.6 is 0 Å². The molecule has 0 aromatic rings. The fraction of sp³-hybridized carbons (Fsp3) is 0.900. The summed E-state index contributed by atoms with van der Waals surface area (Å²) in [5, 5.41) is 0. The molecule has 1 amide bonds. The van der Waals surface area contributed by atoms with Crippen LogP contribution < -0.4 is 5.73 Å². The molecule has 5 heteroatoms. The van der Waals surface area contributed by atoms with E-state index in [-0.39, 0.29) is 24.2 Å². The summed E-state index contributed by atoms with van der Waals surface area (Å²) in [4.78, 5) is 12.9. The number of amides is 1. The third-order valence-corrected chi connectivity index (χ3v) is 2.28. The number of ether oxygens (including phenoxy) is 2. The van der Waals surface area contributed by atoms with Gasteiger partial charge in [0.05, 0.1) is 24.9 Å². The molecule has 2 N–H and O–H groups in total. The van der Waals surface area contributed by atoms with Crippen molar-refractivity contribution in [3.63, 3.8) is 0 Å². The largest absolute Gasteiger partial charge is 0.382 e. The molecule has 0 saturated carbocycles. The van der Waals surface area contributed by atoms with Crippen LogP contribution in [-0.2, 0) is 14.3 Å². The minimum Gasteiger partial charge on any atom is -0.382 e. The highest BCUT2D eigenvalue weighted by molar-refractivity contribution is 5.75. The van der Waals surface area contributed by atoms with E-state index in [1.165, 1.54) is 0 Å². The molecule has 5 nitrogen and oxygen atoms in total. The van der Waals surface area contributed by atoms with E-state index < -0.39 is 0 Å². The molecule has 1 aliphatic heterocycles. The van der Waals surface area contributed by atoms with E-state index in [0.717, 1.165) is 6.54 Å². The van der Waals surface area contributed by atoms with Crippen molar-refractivity contribution in [1.29, 1.82) is 0 Å². The lowest BCUT2D eigenvalue weighted by Gasteiger charge is -2.42. The Balaban J connectivity index is 2.55. The molecular formula is C10H20N2O3. The van der Waals surface area contributed by atoms with Crippen LogP contribution in [0.4, 0.5) is 0 Å². The number of carbonyl (C=O) groups excluding carboxylic acids is 1. The molecule has 0 aliphatic carbocycles. The van der Waals surface area contributed by atoms with Gasteiger partial charge in [0.1, 0.15) is 0 Å². The molecule has 0 bridgehead atoms. The van der Waals surface area contributed by atoms with Gasteiger partial charge in [0.2, 0.25) is 5.91 Å². The Morgan fingerprint density at radius 1 is 1.67 bits per heavy atom. The maximum absolute atomic E-state index is 10.9. The normalized spacial score (nSPS) is 26.5. The second-order valence-corrected chi connectivity index (χ2v) is 4.59. The summed E-state index contributed by atoms with van der Waals surface area (Å²) < 4.78 is 10.9. The molecule has 0 aromatic carbocycles. The van der Waals surface area contributed by atoms with Gasteiger partial charge in [-0.2, -0.15) is 0 Å². The fourth-order valence-electron chi connectivity index (χ4n) is 2.03. The highest BCUT2D eigenvalue weighted by Crippen LogP contribution is 2.20. The average molecular weight is 216 g/mol. The predicted molar refractivity (Wildman–Crippen MR) is 56.5 cm³/mol. The molecule has 0 spiro atoms. The molecule has 1 rings (SSSR count). The van der Waals surface area contributed by atoms with E-state index >= 15 is 0 Å². The lowest BCUT2D eigenvalue weighted by Crippen LogP contribution is -2.55. The first-order valence-corrected chi connectivity index (χ1v) is 5.10. The van der Waals surface area contributed by atoms with Crippen molar-refractivity contribution < 1.29 is 14.3 Å². The van der Waals surface area contributed by atoms with Gasteiger partial charge in [0.25, 0.3) is 0 Å². The van der Waals surface area contributed by atoms with Gasteiger partial charge in [0, 0.05) is 20.2 Å². The maximum Gasteiger partial charge on any atom is 0.231 e. The molecule has 0 aromatic heterocycles. The van der Waals surface area contributed by atoms with Crippen molar-refractivity contribution in [2.75, 3.05) is 33.4 Å². The molecule has 1 atom stereocenters. The van der Waals surface area contributed by atoms with Crippen molar-refractivity contribution in [1.82, 2.24) is 4.90 Å². The van der Waals surface area contributed by atoms with Crippen molar-refractivity contribution in [3.8, 4) is 0 Å². The first kappa shape index (κ1) is 12.4. The zero-order valence-electron chi connectivity index (χ0n) is 9.66. The SMILES string of the molecule is COC[C@H]1CN(CC(N)=O)CC(C)(C)O1. The van der Waals surface area contributed by atoms with Crippen molar-refractivity contribution in [2.24, 2.45) is 5.73 Å². The molecule has 1 heterocycles. The van der Waals surface area contributed by atoms with Crippen LogP contribution in [0, 0.1) is 0 Å². The van der Waals surface area contributed by atoms with E-state index in [4.69, 9.17) is 15.2 Å². The van der Waals surface area contributed by atoms with Crippen LogP contribution in [0.1, 0.15) is 13.8 Å². The van der Waals surface area contributed by atoms with Crippen LogP contribution in [0.25, 0.3) is 0 Å². The summed E-state index contributed by atoms with van der Waals surface area (Å²) in [5.41, 5.74) is 4.93. The van der Waals surface area contributed by atoms with Crippen LogP contribution in [0.5, 0.6) is 0 Å². The Hall–Kier alpha value is -0.650. The molecule has 0 unspecified atom stereocenters. The van der Waals surface area contributed by atoms with E-state index in [1.807, 2.05) is 18.7 Å². The average Bonchev–Trinajstić information content (AvgIpc) is 1.99. The van der Waals surface area contributed by atoms with Crippen molar-refractivity contribution >= 4 is 5.91 Å². The summed E-state index contributed by atoms with van der Waals surface area (Å²) >= 11 is 0. The summed E-state index contributed by atoms with van der Waals surface area (Å²) in [5.74, 6) is -0.302. The van der Waals surface area contributed by atoms with E-state index in [2.05, 4.69) is 0 Å². The quantitative estimate of drug-likeness (QED) is 0.694. The smallest absolute Gasteiger partial charge is 0.231 e. The lowest BCUT2D eigenvalue weighted by atomic mass is 10.1. The second kappa shape index (κ2) is 4.92. The molecule has 0 radical (unpaired) electrons. The standard InChI is InChI=1S/C10H20N2O3/c1-10(2)7-12(5-9(11)13)4-8(15-10)6-14-3/h8H,4-7H2,1-3H3,(H2,11,13)/t8-/m1/s1. The minimum absolute atomic E-state index is 0.0121. The topological polar surface area (TPSA) is 64.8 Å². The fourth-order valence-corrected chi connectivity index (χ4v) is 2.03. The summed E-state index contributed by atoms with van der Waals surface area (Å²) in [6, 6.07) is 0. The number of hydrogen-bond donors (Lipinski definition) is 1. The highest BCUT2D eigenvalue weighted by atomic mass is 16.5. The molecule has 15 heavy (non-hydrogen) atoms. The Morgan fingerprint density at radius 3 is 2.87 bits per heavy atom. The maximum atomic E-state index is 10.9. The van der Waals surface area contributed by atoms with Gasteiger partial charge in [-0.1, -0.05) is 0 Å². The van der Waals surface area contributed by atoms with E-state index in [9.17, 15) is 4.79 Å². The van der Waals surface area contributed by atoms with E-state index in [1.54, 1.807) is 7.11 Å².